The van der Waals surface area contributed by atoms with Gasteiger partial charge in [0.05, 0.1) is 34.6 Å². The number of fused-ring (bicyclic) bond motifs is 6. The van der Waals surface area contributed by atoms with Gasteiger partial charge >= 0.3 is 0 Å². The average molecular weight is 575 g/mol. The first kappa shape index (κ1) is 26.9. The fourth-order valence-corrected chi connectivity index (χ4v) is 10.8. The summed E-state index contributed by atoms with van der Waals surface area (Å²) in [5.41, 5.74) is 2.83. The minimum atomic E-state index is -3.38. The third-order valence-corrected chi connectivity index (χ3v) is 13.3. The molecule has 0 aliphatic carbocycles. The number of benzene rings is 4. The van der Waals surface area contributed by atoms with E-state index in [4.69, 9.17) is 13.8 Å². The SMILES string of the molecule is CCC(CP1(=O)Oc2ccccc2-c2ccccc21)Oc1cccc2c1-c1ccccc1P(=O)(C(CC)CO)O2. The molecule has 4 atom stereocenters. The molecule has 0 bridgehead atoms. The Morgan fingerprint density at radius 3 is 2.10 bits per heavy atom. The van der Waals surface area contributed by atoms with Crippen LogP contribution < -0.4 is 24.4 Å². The quantitative estimate of drug-likeness (QED) is 0.224. The van der Waals surface area contributed by atoms with Crippen LogP contribution in [0.15, 0.2) is 91.0 Å². The van der Waals surface area contributed by atoms with Crippen LogP contribution in [-0.4, -0.2) is 29.6 Å². The van der Waals surface area contributed by atoms with Crippen molar-refractivity contribution in [1.29, 1.82) is 0 Å². The van der Waals surface area contributed by atoms with E-state index in [9.17, 15) is 14.2 Å². The van der Waals surface area contributed by atoms with Crippen LogP contribution >= 0.6 is 14.7 Å². The van der Waals surface area contributed by atoms with Crippen molar-refractivity contribution >= 4 is 25.3 Å². The minimum absolute atomic E-state index is 0.196. The molecule has 4 unspecified atom stereocenters. The molecule has 1 N–H and O–H groups in total. The van der Waals surface area contributed by atoms with Crippen LogP contribution in [0.2, 0.25) is 0 Å². The van der Waals surface area contributed by atoms with E-state index >= 15 is 0 Å². The lowest BCUT2D eigenvalue weighted by Gasteiger charge is -2.34. The second-order valence-electron chi connectivity index (χ2n) is 10.2. The van der Waals surface area contributed by atoms with E-state index in [1.54, 1.807) is 6.07 Å². The third-order valence-electron chi connectivity index (χ3n) is 7.78. The zero-order valence-electron chi connectivity index (χ0n) is 22.5. The smallest absolute Gasteiger partial charge is 0.283 e. The maximum atomic E-state index is 14.5. The second kappa shape index (κ2) is 10.6. The monoisotopic (exact) mass is 574 g/mol. The predicted octanol–water partition coefficient (Wildman–Crippen LogP) is 7.24. The maximum Gasteiger partial charge on any atom is 0.283 e. The van der Waals surface area contributed by atoms with Crippen LogP contribution in [0.25, 0.3) is 22.3 Å². The molecule has 40 heavy (non-hydrogen) atoms. The van der Waals surface area contributed by atoms with Gasteiger partial charge in [0.1, 0.15) is 23.4 Å². The van der Waals surface area contributed by atoms with Crippen LogP contribution in [-0.2, 0) is 9.13 Å². The zero-order valence-corrected chi connectivity index (χ0v) is 24.3. The molecule has 0 fully saturated rings. The molecule has 6 nitrogen and oxygen atoms in total. The lowest BCUT2D eigenvalue weighted by Crippen LogP contribution is -2.30. The number of aliphatic hydroxyl groups excluding tert-OH is 1. The molecule has 0 saturated carbocycles. The Morgan fingerprint density at radius 2 is 1.38 bits per heavy atom. The largest absolute Gasteiger partial charge is 0.489 e. The van der Waals surface area contributed by atoms with Gasteiger partial charge < -0.3 is 18.9 Å². The highest BCUT2D eigenvalue weighted by molar-refractivity contribution is 7.68. The summed E-state index contributed by atoms with van der Waals surface area (Å²) in [5, 5.41) is 11.3. The topological polar surface area (TPSA) is 82.1 Å². The summed E-state index contributed by atoms with van der Waals surface area (Å²) in [6, 6.07) is 28.3. The van der Waals surface area contributed by atoms with Crippen molar-refractivity contribution < 1.29 is 28.0 Å². The van der Waals surface area contributed by atoms with Crippen LogP contribution in [0.4, 0.5) is 0 Å². The summed E-state index contributed by atoms with van der Waals surface area (Å²) in [6.45, 7) is 3.67. The first-order valence-corrected chi connectivity index (χ1v) is 17.2. The van der Waals surface area contributed by atoms with E-state index in [-0.39, 0.29) is 12.8 Å². The molecule has 4 aromatic rings. The van der Waals surface area contributed by atoms with Gasteiger partial charge in [-0.05, 0) is 48.7 Å². The Morgan fingerprint density at radius 1 is 0.725 bits per heavy atom. The zero-order chi connectivity index (χ0) is 27.9. The number of aliphatic hydroxyl groups is 1. The Balaban J connectivity index is 1.37. The van der Waals surface area contributed by atoms with Gasteiger partial charge in [-0.1, -0.05) is 74.5 Å². The number of hydrogen-bond acceptors (Lipinski definition) is 6. The highest BCUT2D eigenvalue weighted by atomic mass is 31.2. The van der Waals surface area contributed by atoms with Gasteiger partial charge in [0, 0.05) is 11.1 Å². The predicted molar refractivity (Wildman–Crippen MR) is 160 cm³/mol. The lowest BCUT2D eigenvalue weighted by molar-refractivity contribution is 0.217. The minimum Gasteiger partial charge on any atom is -0.489 e. The van der Waals surface area contributed by atoms with Crippen molar-refractivity contribution in [1.82, 2.24) is 0 Å². The summed E-state index contributed by atoms with van der Waals surface area (Å²) in [5.74, 6) is 1.64. The van der Waals surface area contributed by atoms with Crippen LogP contribution in [0.3, 0.4) is 0 Å². The molecule has 4 aromatic carbocycles. The van der Waals surface area contributed by atoms with Gasteiger partial charge in [0.15, 0.2) is 0 Å². The molecular weight excluding hydrogens is 542 g/mol. The number of rotatable bonds is 8. The molecule has 8 heteroatoms. The Kier molecular flexibility index (Phi) is 7.12. The molecule has 0 saturated heterocycles. The van der Waals surface area contributed by atoms with Crippen LogP contribution in [0.1, 0.15) is 26.7 Å². The van der Waals surface area contributed by atoms with E-state index in [0.29, 0.717) is 46.3 Å². The van der Waals surface area contributed by atoms with E-state index in [0.717, 1.165) is 16.7 Å². The molecular formula is C32H32O6P2. The van der Waals surface area contributed by atoms with E-state index < -0.39 is 26.5 Å². The first-order valence-electron chi connectivity index (χ1n) is 13.7. The summed E-state index contributed by atoms with van der Waals surface area (Å²) in [6.07, 6.45) is 0.898. The van der Waals surface area contributed by atoms with Gasteiger partial charge in [-0.25, -0.2) is 0 Å². The van der Waals surface area contributed by atoms with Crippen molar-refractivity contribution in [3.8, 4) is 39.5 Å². The molecule has 0 spiro atoms. The molecule has 2 aliphatic heterocycles. The lowest BCUT2D eigenvalue weighted by atomic mass is 10.0. The Labute approximate surface area is 234 Å². The molecule has 2 aliphatic rings. The summed E-state index contributed by atoms with van der Waals surface area (Å²) < 4.78 is 47.8. The van der Waals surface area contributed by atoms with Gasteiger partial charge in [0.2, 0.25) is 0 Å². The summed E-state index contributed by atoms with van der Waals surface area (Å²) >= 11 is 0. The average Bonchev–Trinajstić information content (AvgIpc) is 2.97. The molecule has 0 amide bonds. The molecule has 2 heterocycles. The van der Waals surface area contributed by atoms with Crippen LogP contribution in [0, 0.1) is 0 Å². The summed E-state index contributed by atoms with van der Waals surface area (Å²) in [7, 11) is -6.69. The fraction of sp³-hybridized carbons (Fsp3) is 0.250. The van der Waals surface area contributed by atoms with Crippen LogP contribution in [0.5, 0.6) is 17.2 Å². The molecule has 206 valence electrons. The second-order valence-corrected chi connectivity index (χ2v) is 15.2. The van der Waals surface area contributed by atoms with Gasteiger partial charge in [0.25, 0.3) is 14.7 Å². The van der Waals surface area contributed by atoms with E-state index in [2.05, 4.69) is 0 Å². The van der Waals surface area contributed by atoms with E-state index in [1.807, 2.05) is 98.8 Å². The maximum absolute atomic E-state index is 14.5. The van der Waals surface area contributed by atoms with Crippen molar-refractivity contribution in [3.63, 3.8) is 0 Å². The highest BCUT2D eigenvalue weighted by Gasteiger charge is 2.43. The molecule has 0 aromatic heterocycles. The standard InChI is InChI=1S/C32H32O6P2/c1-3-22(21-39(34)30-18-9-6-13-25(30)24-12-5-8-15-27(24)37-39)36-28-16-11-17-29-32(28)26-14-7-10-19-31(26)40(35,38-29)23(4-2)20-33/h5-19,22-23,33H,3-4,20-21H2,1-2H3. The molecule has 0 radical (unpaired) electrons. The van der Waals surface area contributed by atoms with Crippen molar-refractivity contribution in [2.75, 3.05) is 12.8 Å². The van der Waals surface area contributed by atoms with Gasteiger partial charge in [-0.15, -0.1) is 0 Å². The van der Waals surface area contributed by atoms with Crippen molar-refractivity contribution in [3.05, 3.63) is 91.0 Å². The Hall–Kier alpha value is -3.30. The fourth-order valence-electron chi connectivity index (χ4n) is 5.66. The Bertz CT molecular complexity index is 1660. The van der Waals surface area contributed by atoms with Gasteiger partial charge in [-0.2, -0.15) is 0 Å². The normalized spacial score (nSPS) is 21.9. The van der Waals surface area contributed by atoms with Gasteiger partial charge in [-0.3, -0.25) is 9.13 Å². The van der Waals surface area contributed by atoms with E-state index in [1.165, 1.54) is 0 Å². The molecule has 6 rings (SSSR count). The number of para-hydroxylation sites is 1. The number of hydrogen-bond donors (Lipinski definition) is 1. The summed E-state index contributed by atoms with van der Waals surface area (Å²) in [4.78, 5) is 0. The number of ether oxygens (including phenoxy) is 1. The highest BCUT2D eigenvalue weighted by Crippen LogP contribution is 2.60. The first-order chi connectivity index (χ1) is 19.4. The third kappa shape index (κ3) is 4.39. The van der Waals surface area contributed by atoms with Crippen molar-refractivity contribution in [2.24, 2.45) is 0 Å². The van der Waals surface area contributed by atoms with Crippen molar-refractivity contribution in [2.45, 2.75) is 38.5 Å².